The quantitative estimate of drug-likeness (QED) is 0.694. The molecule has 0 amide bonds. The van der Waals surface area contributed by atoms with E-state index in [0.717, 1.165) is 49.7 Å². The Morgan fingerprint density at radius 2 is 2.08 bits per heavy atom. The second-order valence-electron chi connectivity index (χ2n) is 6.55. The molecule has 0 atom stereocenters. The van der Waals surface area contributed by atoms with Crippen molar-refractivity contribution >= 4 is 0 Å². The summed E-state index contributed by atoms with van der Waals surface area (Å²) in [5.74, 6) is -0.889. The van der Waals surface area contributed by atoms with E-state index in [0.29, 0.717) is 17.8 Å². The van der Waals surface area contributed by atoms with Crippen LogP contribution in [0.3, 0.4) is 0 Å². The first kappa shape index (κ1) is 16.8. The molecule has 3 heterocycles. The summed E-state index contributed by atoms with van der Waals surface area (Å²) in [6, 6.07) is 7.88. The van der Waals surface area contributed by atoms with Gasteiger partial charge in [0.25, 0.3) is 0 Å². The fourth-order valence-electron chi connectivity index (χ4n) is 3.38. The molecule has 1 aromatic carbocycles. The van der Waals surface area contributed by atoms with Crippen molar-refractivity contribution in [1.29, 1.82) is 0 Å². The summed E-state index contributed by atoms with van der Waals surface area (Å²) in [5, 5.41) is 4.10. The van der Waals surface area contributed by atoms with Gasteiger partial charge in [-0.2, -0.15) is 0 Å². The number of hydrogen-bond acceptors (Lipinski definition) is 4. The molecule has 134 valence electrons. The topological polar surface area (TPSA) is 42.2 Å². The minimum absolute atomic E-state index is 0.547. The maximum Gasteiger partial charge on any atom is 0.159 e. The third-order valence-corrected chi connectivity index (χ3v) is 4.76. The molecule has 4 nitrogen and oxygen atoms in total. The number of benzene rings is 1. The standard InChI is InChI=1S/C20H19F2N3O/c21-17-6-5-15(11-18(17)22)20-16-13-25(10-7-19(16)26-24-20)9-2-4-14-3-1-8-23-12-14/h1,3,5-6,8,11-12H,2,4,7,9-10,13H2. The fraction of sp³-hybridized carbons (Fsp3) is 0.300. The zero-order valence-electron chi connectivity index (χ0n) is 14.3. The monoisotopic (exact) mass is 355 g/mol. The average Bonchev–Trinajstić information content (AvgIpc) is 3.08. The molecule has 6 heteroatoms. The number of rotatable bonds is 5. The second kappa shape index (κ2) is 7.33. The smallest absolute Gasteiger partial charge is 0.159 e. The van der Waals surface area contributed by atoms with Crippen LogP contribution in [0.5, 0.6) is 0 Å². The number of hydrogen-bond donors (Lipinski definition) is 0. The SMILES string of the molecule is Fc1ccc(-c2noc3c2CN(CCCc2cccnc2)CC3)cc1F. The highest BCUT2D eigenvalue weighted by molar-refractivity contribution is 5.63. The van der Waals surface area contributed by atoms with Crippen LogP contribution >= 0.6 is 0 Å². The molecule has 0 saturated heterocycles. The molecule has 3 aromatic rings. The lowest BCUT2D eigenvalue weighted by Gasteiger charge is -2.26. The van der Waals surface area contributed by atoms with Crippen molar-refractivity contribution in [3.05, 3.63) is 71.2 Å². The van der Waals surface area contributed by atoms with Crippen molar-refractivity contribution in [3.8, 4) is 11.3 Å². The van der Waals surface area contributed by atoms with Gasteiger partial charge in [0.05, 0.1) is 0 Å². The molecule has 0 radical (unpaired) electrons. The van der Waals surface area contributed by atoms with Gasteiger partial charge in [-0.05, 0) is 49.2 Å². The number of fused-ring (bicyclic) bond motifs is 1. The molecule has 0 fully saturated rings. The molecule has 26 heavy (non-hydrogen) atoms. The number of pyridine rings is 1. The van der Waals surface area contributed by atoms with Gasteiger partial charge < -0.3 is 4.52 Å². The van der Waals surface area contributed by atoms with E-state index in [1.807, 2.05) is 12.3 Å². The van der Waals surface area contributed by atoms with Crippen LogP contribution in [-0.4, -0.2) is 28.1 Å². The highest BCUT2D eigenvalue weighted by Crippen LogP contribution is 2.30. The van der Waals surface area contributed by atoms with Gasteiger partial charge >= 0.3 is 0 Å². The molecular weight excluding hydrogens is 336 g/mol. The Kier molecular flexibility index (Phi) is 4.75. The van der Waals surface area contributed by atoms with E-state index in [1.165, 1.54) is 17.7 Å². The minimum atomic E-state index is -0.872. The molecule has 0 spiro atoms. The van der Waals surface area contributed by atoms with Gasteiger partial charge in [0.2, 0.25) is 0 Å². The number of aromatic nitrogens is 2. The Morgan fingerprint density at radius 1 is 1.15 bits per heavy atom. The number of aryl methyl sites for hydroxylation is 1. The van der Waals surface area contributed by atoms with Gasteiger partial charge in [0, 0.05) is 43.0 Å². The Bertz CT molecular complexity index is 895. The van der Waals surface area contributed by atoms with Crippen LogP contribution < -0.4 is 0 Å². The Balaban J connectivity index is 1.44. The van der Waals surface area contributed by atoms with Crippen LogP contribution in [-0.2, 0) is 19.4 Å². The van der Waals surface area contributed by atoms with Crippen molar-refractivity contribution in [1.82, 2.24) is 15.0 Å². The van der Waals surface area contributed by atoms with Gasteiger partial charge in [-0.3, -0.25) is 9.88 Å². The Morgan fingerprint density at radius 3 is 2.88 bits per heavy atom. The second-order valence-corrected chi connectivity index (χ2v) is 6.55. The van der Waals surface area contributed by atoms with E-state index in [-0.39, 0.29) is 0 Å². The lowest BCUT2D eigenvalue weighted by atomic mass is 10.0. The van der Waals surface area contributed by atoms with Gasteiger partial charge in [0.15, 0.2) is 11.6 Å². The minimum Gasteiger partial charge on any atom is -0.360 e. The van der Waals surface area contributed by atoms with Gasteiger partial charge in [-0.1, -0.05) is 11.2 Å². The maximum absolute atomic E-state index is 13.6. The number of halogens is 2. The molecule has 0 bridgehead atoms. The summed E-state index contributed by atoms with van der Waals surface area (Å²) >= 11 is 0. The van der Waals surface area contributed by atoms with E-state index < -0.39 is 11.6 Å². The van der Waals surface area contributed by atoms with Crippen LogP contribution in [0.25, 0.3) is 11.3 Å². The largest absolute Gasteiger partial charge is 0.360 e. The summed E-state index contributed by atoms with van der Waals surface area (Å²) in [5.41, 5.74) is 3.36. The van der Waals surface area contributed by atoms with E-state index >= 15 is 0 Å². The summed E-state index contributed by atoms with van der Waals surface area (Å²) < 4.78 is 32.2. The molecule has 1 aliphatic rings. The molecule has 0 N–H and O–H groups in total. The first-order valence-electron chi connectivity index (χ1n) is 8.75. The molecule has 0 unspecified atom stereocenters. The fourth-order valence-corrected chi connectivity index (χ4v) is 3.38. The lowest BCUT2D eigenvalue weighted by molar-refractivity contribution is 0.234. The number of nitrogens with zero attached hydrogens (tertiary/aromatic N) is 3. The zero-order chi connectivity index (χ0) is 17.9. The van der Waals surface area contributed by atoms with Crippen LogP contribution in [0.2, 0.25) is 0 Å². The lowest BCUT2D eigenvalue weighted by Crippen LogP contribution is -2.31. The predicted molar refractivity (Wildman–Crippen MR) is 93.4 cm³/mol. The van der Waals surface area contributed by atoms with Gasteiger partial charge in [-0.25, -0.2) is 8.78 Å². The Hall–Kier alpha value is -2.60. The van der Waals surface area contributed by atoms with Crippen molar-refractivity contribution in [3.63, 3.8) is 0 Å². The zero-order valence-corrected chi connectivity index (χ0v) is 14.3. The average molecular weight is 355 g/mol. The van der Waals surface area contributed by atoms with Crippen LogP contribution in [0.15, 0.2) is 47.2 Å². The van der Waals surface area contributed by atoms with E-state index in [9.17, 15) is 8.78 Å². The maximum atomic E-state index is 13.6. The highest BCUT2D eigenvalue weighted by atomic mass is 19.2. The van der Waals surface area contributed by atoms with Crippen molar-refractivity contribution < 1.29 is 13.3 Å². The van der Waals surface area contributed by atoms with Gasteiger partial charge in [0.1, 0.15) is 11.5 Å². The molecule has 0 saturated carbocycles. The van der Waals surface area contributed by atoms with Gasteiger partial charge in [-0.15, -0.1) is 0 Å². The van der Waals surface area contributed by atoms with Crippen molar-refractivity contribution in [2.45, 2.75) is 25.8 Å². The highest BCUT2D eigenvalue weighted by Gasteiger charge is 2.25. The summed E-state index contributed by atoms with van der Waals surface area (Å²) in [4.78, 5) is 6.49. The molecule has 4 rings (SSSR count). The normalized spacial score (nSPS) is 14.4. The van der Waals surface area contributed by atoms with E-state index in [4.69, 9.17) is 4.52 Å². The van der Waals surface area contributed by atoms with Crippen LogP contribution in [0, 0.1) is 11.6 Å². The summed E-state index contributed by atoms with van der Waals surface area (Å²) in [6.07, 6.45) is 6.47. The first-order chi connectivity index (χ1) is 12.7. The summed E-state index contributed by atoms with van der Waals surface area (Å²) in [7, 11) is 0. The van der Waals surface area contributed by atoms with E-state index in [2.05, 4.69) is 21.1 Å². The Labute approximate surface area is 150 Å². The summed E-state index contributed by atoms with van der Waals surface area (Å²) in [6.45, 7) is 2.57. The van der Waals surface area contributed by atoms with Crippen molar-refractivity contribution in [2.75, 3.05) is 13.1 Å². The third kappa shape index (κ3) is 3.51. The molecular formula is C20H19F2N3O. The van der Waals surface area contributed by atoms with Crippen molar-refractivity contribution in [2.24, 2.45) is 0 Å². The molecule has 2 aromatic heterocycles. The predicted octanol–water partition coefficient (Wildman–Crippen LogP) is 4.01. The molecule has 0 aliphatic carbocycles. The molecule has 1 aliphatic heterocycles. The van der Waals surface area contributed by atoms with Crippen LogP contribution in [0.1, 0.15) is 23.3 Å². The van der Waals surface area contributed by atoms with Crippen LogP contribution in [0.4, 0.5) is 8.78 Å². The van der Waals surface area contributed by atoms with E-state index in [1.54, 1.807) is 6.20 Å². The first-order valence-corrected chi connectivity index (χ1v) is 8.75. The third-order valence-electron chi connectivity index (χ3n) is 4.76.